The summed E-state index contributed by atoms with van der Waals surface area (Å²) in [4.78, 5) is 47.2. The molecule has 0 aliphatic heterocycles. The van der Waals surface area contributed by atoms with E-state index in [0.717, 1.165) is 0 Å². The fourth-order valence-electron chi connectivity index (χ4n) is 2.78. The number of carbonyl (C=O) groups is 3. The summed E-state index contributed by atoms with van der Waals surface area (Å²) in [6, 6.07) is -2.99. The van der Waals surface area contributed by atoms with E-state index in [-0.39, 0.29) is 19.8 Å². The predicted molar refractivity (Wildman–Crippen MR) is 121 cm³/mol. The Bertz CT molecular complexity index is 720. The van der Waals surface area contributed by atoms with E-state index in [1.165, 1.54) is 12.5 Å². The molecule has 0 bridgehead atoms. The van der Waals surface area contributed by atoms with Gasteiger partial charge in [-0.1, -0.05) is 7.43 Å². The van der Waals surface area contributed by atoms with E-state index in [1.54, 1.807) is 0 Å². The van der Waals surface area contributed by atoms with Gasteiger partial charge in [-0.15, -0.1) is 0 Å². The maximum absolute atomic E-state index is 12.7. The van der Waals surface area contributed by atoms with Gasteiger partial charge in [0.2, 0.25) is 11.8 Å². The van der Waals surface area contributed by atoms with Crippen LogP contribution in [0.4, 0.5) is 0 Å². The third kappa shape index (κ3) is 11.3. The van der Waals surface area contributed by atoms with Gasteiger partial charge in [-0.2, -0.15) is 0 Å². The zero-order valence-electron chi connectivity index (χ0n) is 17.4. The second-order valence-electron chi connectivity index (χ2n) is 7.08. The number of imidazole rings is 1. The maximum Gasteiger partial charge on any atom is 0.326 e. The highest BCUT2D eigenvalue weighted by molar-refractivity contribution is 5.91. The predicted octanol–water partition coefficient (Wildman–Crippen LogP) is -1.85. The molecule has 0 spiro atoms. The Kier molecular flexibility index (Phi) is 14.0. The van der Waals surface area contributed by atoms with Gasteiger partial charge < -0.3 is 43.7 Å². The number of hydrogen-bond acceptors (Lipinski definition) is 7. The van der Waals surface area contributed by atoms with Gasteiger partial charge >= 0.3 is 5.97 Å². The molecule has 0 radical (unpaired) electrons. The minimum Gasteiger partial charge on any atom is -0.480 e. The van der Waals surface area contributed by atoms with Gasteiger partial charge in [-0.05, 0) is 38.6 Å². The highest BCUT2D eigenvalue weighted by Crippen LogP contribution is 2.05. The average molecular weight is 456 g/mol. The molecule has 13 heteroatoms. The Balaban J connectivity index is 0.00000961. The third-order valence-electron chi connectivity index (χ3n) is 4.48. The molecule has 0 aliphatic carbocycles. The van der Waals surface area contributed by atoms with Crippen molar-refractivity contribution in [1.82, 2.24) is 20.6 Å². The largest absolute Gasteiger partial charge is 0.480 e. The number of amides is 2. The van der Waals surface area contributed by atoms with Crippen LogP contribution in [-0.2, 0) is 20.8 Å². The number of nitrogens with two attached hydrogens (primary N) is 4. The van der Waals surface area contributed by atoms with E-state index >= 15 is 0 Å². The lowest BCUT2D eigenvalue weighted by Gasteiger charge is -2.23. The van der Waals surface area contributed by atoms with Crippen molar-refractivity contribution in [3.63, 3.8) is 0 Å². The van der Waals surface area contributed by atoms with Crippen molar-refractivity contribution in [1.29, 1.82) is 0 Å². The van der Waals surface area contributed by atoms with Crippen LogP contribution in [0.15, 0.2) is 17.5 Å². The van der Waals surface area contributed by atoms with E-state index in [2.05, 4.69) is 25.6 Å². The number of nitrogens with zero attached hydrogens (tertiary/aromatic N) is 2. The van der Waals surface area contributed by atoms with Crippen LogP contribution >= 0.6 is 0 Å². The molecule has 0 aliphatic rings. The zero-order chi connectivity index (χ0) is 23.2. The first-order chi connectivity index (χ1) is 14.7. The number of hydrogen-bond donors (Lipinski definition) is 8. The normalized spacial score (nSPS) is 13.2. The first-order valence-electron chi connectivity index (χ1n) is 10.1. The summed E-state index contributed by atoms with van der Waals surface area (Å²) in [5.74, 6) is -2.37. The summed E-state index contributed by atoms with van der Waals surface area (Å²) < 4.78 is 0. The van der Waals surface area contributed by atoms with Gasteiger partial charge in [0.15, 0.2) is 5.96 Å². The van der Waals surface area contributed by atoms with Crippen LogP contribution in [0.25, 0.3) is 0 Å². The van der Waals surface area contributed by atoms with Gasteiger partial charge in [0.25, 0.3) is 0 Å². The van der Waals surface area contributed by atoms with Crippen LogP contribution in [0.1, 0.15) is 45.2 Å². The highest BCUT2D eigenvalue weighted by Gasteiger charge is 2.28. The molecule has 1 rings (SSSR count). The zero-order valence-corrected chi connectivity index (χ0v) is 17.4. The number of nitrogens with one attached hydrogen (secondary N) is 3. The van der Waals surface area contributed by atoms with Gasteiger partial charge in [0.1, 0.15) is 12.1 Å². The van der Waals surface area contributed by atoms with Crippen molar-refractivity contribution < 1.29 is 19.5 Å². The van der Waals surface area contributed by atoms with Crippen molar-refractivity contribution in [2.75, 3.05) is 13.1 Å². The van der Waals surface area contributed by atoms with E-state index in [4.69, 9.17) is 22.9 Å². The molecule has 0 fully saturated rings. The maximum atomic E-state index is 12.7. The molecule has 0 aromatic carbocycles. The first kappa shape index (κ1) is 28.8. The molecule has 0 saturated heterocycles. The van der Waals surface area contributed by atoms with Crippen molar-refractivity contribution in [3.05, 3.63) is 18.2 Å². The second-order valence-corrected chi connectivity index (χ2v) is 7.08. The fourth-order valence-corrected chi connectivity index (χ4v) is 2.78. The first-order valence-corrected chi connectivity index (χ1v) is 10.1. The topological polar surface area (TPSA) is 241 Å². The lowest BCUT2D eigenvalue weighted by molar-refractivity contribution is -0.142. The summed E-state index contributed by atoms with van der Waals surface area (Å²) in [5.41, 5.74) is 22.4. The number of aromatic amines is 1. The van der Waals surface area contributed by atoms with Crippen LogP contribution in [0.5, 0.6) is 0 Å². The second kappa shape index (κ2) is 15.6. The SMILES string of the molecule is C.NCCCCC(NC(=O)C(N)CCCN=C(N)N)C(=O)NC(Cc1cnc[nH]1)C(=O)O. The van der Waals surface area contributed by atoms with Crippen LogP contribution in [0.2, 0.25) is 0 Å². The van der Waals surface area contributed by atoms with Gasteiger partial charge in [-0.25, -0.2) is 9.78 Å². The quantitative estimate of drug-likeness (QED) is 0.0839. The molecular weight excluding hydrogens is 418 g/mol. The molecule has 3 unspecified atom stereocenters. The molecule has 0 saturated carbocycles. The van der Waals surface area contributed by atoms with Crippen LogP contribution in [0.3, 0.4) is 0 Å². The third-order valence-corrected chi connectivity index (χ3v) is 4.48. The van der Waals surface area contributed by atoms with Gasteiger partial charge in [-0.3, -0.25) is 14.6 Å². The number of rotatable bonds is 15. The van der Waals surface area contributed by atoms with Gasteiger partial charge in [0, 0.05) is 24.9 Å². The number of carbonyl (C=O) groups excluding carboxylic acids is 2. The minimum atomic E-state index is -1.20. The molecule has 1 heterocycles. The molecular formula is C19H37N9O4. The average Bonchev–Trinajstić information content (AvgIpc) is 3.22. The number of H-pyrrole nitrogens is 1. The number of unbranched alkanes of at least 4 members (excludes halogenated alkanes) is 1. The van der Waals surface area contributed by atoms with Gasteiger partial charge in [0.05, 0.1) is 12.4 Å². The molecule has 1 aromatic heterocycles. The minimum absolute atomic E-state index is 0. The lowest BCUT2D eigenvalue weighted by Crippen LogP contribution is -2.54. The number of guanidine groups is 1. The Hall–Kier alpha value is -3.19. The molecule has 182 valence electrons. The molecule has 3 atom stereocenters. The number of carboxylic acid groups (broad SMARTS) is 1. The van der Waals surface area contributed by atoms with E-state index < -0.39 is 35.9 Å². The lowest BCUT2D eigenvalue weighted by atomic mass is 10.1. The van der Waals surface area contributed by atoms with E-state index in [0.29, 0.717) is 50.9 Å². The monoisotopic (exact) mass is 455 g/mol. The Morgan fingerprint density at radius 2 is 1.78 bits per heavy atom. The van der Waals surface area contributed by atoms with E-state index in [9.17, 15) is 19.5 Å². The fraction of sp³-hybridized carbons (Fsp3) is 0.632. The smallest absolute Gasteiger partial charge is 0.326 e. The number of carboxylic acids is 1. The number of aromatic nitrogens is 2. The number of aliphatic imine (C=N–C) groups is 1. The van der Waals surface area contributed by atoms with Crippen molar-refractivity contribution in [2.45, 2.75) is 64.1 Å². The molecule has 32 heavy (non-hydrogen) atoms. The summed E-state index contributed by atoms with van der Waals surface area (Å²) in [6.07, 6.45) is 5.25. The Morgan fingerprint density at radius 3 is 2.34 bits per heavy atom. The summed E-state index contributed by atoms with van der Waals surface area (Å²) >= 11 is 0. The Labute approximate surface area is 187 Å². The highest BCUT2D eigenvalue weighted by atomic mass is 16.4. The molecule has 12 N–H and O–H groups in total. The van der Waals surface area contributed by atoms with Crippen LogP contribution in [0, 0.1) is 0 Å². The standard InChI is InChI=1S/C18H33N9O4.CH4/c19-6-2-1-5-13(26-15(28)12(20)4-3-7-24-18(21)22)16(29)27-14(17(30)31)8-11-9-23-10-25-11;/h9-10,12-14H,1-8,19-20H2,(H,23,25)(H,26,28)(H,27,29)(H,30,31)(H4,21,22,24);1H4. The van der Waals surface area contributed by atoms with E-state index in [1.807, 2.05) is 0 Å². The summed E-state index contributed by atoms with van der Waals surface area (Å²) in [6.45, 7) is 0.766. The number of aliphatic carboxylic acids is 1. The van der Waals surface area contributed by atoms with Crippen LogP contribution < -0.4 is 33.6 Å². The van der Waals surface area contributed by atoms with Crippen molar-refractivity contribution in [2.24, 2.45) is 27.9 Å². The van der Waals surface area contributed by atoms with Crippen molar-refractivity contribution in [3.8, 4) is 0 Å². The van der Waals surface area contributed by atoms with Crippen LogP contribution in [-0.4, -0.2) is 70.0 Å². The molecule has 1 aromatic rings. The summed E-state index contributed by atoms with van der Waals surface area (Å²) in [7, 11) is 0. The Morgan fingerprint density at radius 1 is 1.09 bits per heavy atom. The summed E-state index contributed by atoms with van der Waals surface area (Å²) in [5, 5.41) is 14.5. The van der Waals surface area contributed by atoms with Crippen molar-refractivity contribution >= 4 is 23.7 Å². The molecule has 13 nitrogen and oxygen atoms in total. The molecule has 2 amide bonds.